The van der Waals surface area contributed by atoms with Gasteiger partial charge in [-0.25, -0.2) is 10.9 Å². The molecule has 0 radical (unpaired) electrons. The third-order valence-corrected chi connectivity index (χ3v) is 5.67. The van der Waals surface area contributed by atoms with E-state index in [0.717, 1.165) is 24.8 Å². The fourth-order valence-corrected chi connectivity index (χ4v) is 3.81. The smallest absolute Gasteiger partial charge is 0.241 e. The Balaban J connectivity index is 1.28. The van der Waals surface area contributed by atoms with E-state index in [2.05, 4.69) is 15.8 Å². The van der Waals surface area contributed by atoms with Gasteiger partial charge in [0.1, 0.15) is 6.04 Å². The number of carbonyl (C=O) groups is 2. The quantitative estimate of drug-likeness (QED) is 0.834. The Kier molecular flexibility index (Phi) is 4.67. The van der Waals surface area contributed by atoms with E-state index in [1.165, 1.54) is 6.42 Å². The number of carbonyl (C=O) groups excluding carboxylic acids is 2. The summed E-state index contributed by atoms with van der Waals surface area (Å²) in [6.07, 6.45) is 7.50. The van der Waals surface area contributed by atoms with Gasteiger partial charge in [-0.05, 0) is 37.0 Å². The Morgan fingerprint density at radius 3 is 2.20 bits per heavy atom. The van der Waals surface area contributed by atoms with Crippen LogP contribution in [0.2, 0.25) is 0 Å². The number of nitrogens with zero attached hydrogens (tertiary/aromatic N) is 3. The van der Waals surface area contributed by atoms with E-state index in [0.29, 0.717) is 26.2 Å². The van der Waals surface area contributed by atoms with Crippen LogP contribution in [-0.4, -0.2) is 58.8 Å². The molecule has 3 heterocycles. The lowest BCUT2D eigenvalue weighted by Gasteiger charge is -2.38. The van der Waals surface area contributed by atoms with Crippen LogP contribution in [0.3, 0.4) is 0 Å². The normalized spacial score (nSPS) is 27.2. The molecule has 2 aliphatic heterocycles. The first-order valence-corrected chi connectivity index (χ1v) is 9.21. The molecule has 2 saturated heterocycles. The van der Waals surface area contributed by atoms with Crippen LogP contribution in [0.4, 0.5) is 0 Å². The number of pyridine rings is 1. The molecule has 0 bridgehead atoms. The molecule has 1 aromatic heterocycles. The molecule has 3 fully saturated rings. The predicted molar refractivity (Wildman–Crippen MR) is 92.2 cm³/mol. The first-order valence-electron chi connectivity index (χ1n) is 9.21. The van der Waals surface area contributed by atoms with E-state index in [1.807, 2.05) is 21.9 Å². The van der Waals surface area contributed by atoms with Crippen molar-refractivity contribution < 1.29 is 9.59 Å². The highest BCUT2D eigenvalue weighted by molar-refractivity contribution is 5.83. The van der Waals surface area contributed by atoms with Crippen LogP contribution < -0.4 is 10.9 Å². The Hall–Kier alpha value is -1.99. The molecule has 3 aliphatic rings. The third kappa shape index (κ3) is 3.39. The molecule has 1 aliphatic carbocycles. The van der Waals surface area contributed by atoms with E-state index in [4.69, 9.17) is 0 Å². The van der Waals surface area contributed by atoms with Crippen molar-refractivity contribution in [1.29, 1.82) is 0 Å². The Bertz CT molecular complexity index is 626. The van der Waals surface area contributed by atoms with Crippen molar-refractivity contribution in [3.8, 4) is 0 Å². The molecule has 1 aromatic rings. The predicted octanol–water partition coefficient (Wildman–Crippen LogP) is 0.460. The fourth-order valence-electron chi connectivity index (χ4n) is 3.81. The van der Waals surface area contributed by atoms with Gasteiger partial charge in [-0.2, -0.15) is 0 Å². The molecule has 4 rings (SSSR count). The lowest BCUT2D eigenvalue weighted by molar-refractivity contribution is -0.144. The monoisotopic (exact) mass is 343 g/mol. The molecule has 2 atom stereocenters. The summed E-state index contributed by atoms with van der Waals surface area (Å²) >= 11 is 0. The Morgan fingerprint density at radius 2 is 1.60 bits per heavy atom. The van der Waals surface area contributed by atoms with Gasteiger partial charge in [-0.1, -0.05) is 6.42 Å². The van der Waals surface area contributed by atoms with E-state index in [1.54, 1.807) is 12.4 Å². The molecule has 7 heteroatoms. The standard InChI is InChI=1S/C18H25N5O2/c24-17(14-2-1-3-14)22-8-10-23(11-9-22)18(25)16-12-15(20-21-16)13-4-6-19-7-5-13/h4-7,14-16,20-21H,1-3,8-12H2. The van der Waals surface area contributed by atoms with Crippen LogP contribution in [0, 0.1) is 5.92 Å². The average molecular weight is 343 g/mol. The van der Waals surface area contributed by atoms with Crippen LogP contribution in [0.25, 0.3) is 0 Å². The number of hydrogen-bond donors (Lipinski definition) is 2. The van der Waals surface area contributed by atoms with E-state index < -0.39 is 0 Å². The van der Waals surface area contributed by atoms with Crippen molar-refractivity contribution >= 4 is 11.8 Å². The first kappa shape index (κ1) is 16.5. The zero-order chi connectivity index (χ0) is 17.2. The lowest BCUT2D eigenvalue weighted by Crippen LogP contribution is -2.55. The van der Waals surface area contributed by atoms with Gasteiger partial charge in [-0.15, -0.1) is 0 Å². The number of aromatic nitrogens is 1. The average Bonchev–Trinajstić information content (AvgIpc) is 3.10. The van der Waals surface area contributed by atoms with Gasteiger partial charge in [0.05, 0.1) is 0 Å². The van der Waals surface area contributed by atoms with Gasteiger partial charge >= 0.3 is 0 Å². The molecule has 7 nitrogen and oxygen atoms in total. The van der Waals surface area contributed by atoms with Crippen molar-refractivity contribution in [2.24, 2.45) is 5.92 Å². The van der Waals surface area contributed by atoms with Crippen LogP contribution in [-0.2, 0) is 9.59 Å². The Labute approximate surface area is 147 Å². The molecular weight excluding hydrogens is 318 g/mol. The topological polar surface area (TPSA) is 77.6 Å². The second-order valence-electron chi connectivity index (χ2n) is 7.19. The molecule has 25 heavy (non-hydrogen) atoms. The van der Waals surface area contributed by atoms with Crippen molar-refractivity contribution in [3.05, 3.63) is 30.1 Å². The van der Waals surface area contributed by atoms with Gasteiger partial charge in [0.15, 0.2) is 0 Å². The summed E-state index contributed by atoms with van der Waals surface area (Å²) in [5, 5.41) is 0. The summed E-state index contributed by atoms with van der Waals surface area (Å²) in [5.41, 5.74) is 7.47. The van der Waals surface area contributed by atoms with Crippen LogP contribution in [0.1, 0.15) is 37.3 Å². The molecule has 0 spiro atoms. The van der Waals surface area contributed by atoms with Crippen molar-refractivity contribution in [1.82, 2.24) is 25.6 Å². The number of amides is 2. The second kappa shape index (κ2) is 7.09. The molecule has 2 amide bonds. The SMILES string of the molecule is O=C(C1CCC1)N1CCN(C(=O)C2CC(c3ccncc3)NN2)CC1. The largest absolute Gasteiger partial charge is 0.339 e. The summed E-state index contributed by atoms with van der Waals surface area (Å²) in [7, 11) is 0. The summed E-state index contributed by atoms with van der Waals surface area (Å²) in [5.74, 6) is 0.653. The summed E-state index contributed by atoms with van der Waals surface area (Å²) < 4.78 is 0. The zero-order valence-corrected chi connectivity index (χ0v) is 14.4. The van der Waals surface area contributed by atoms with Crippen LogP contribution in [0.5, 0.6) is 0 Å². The van der Waals surface area contributed by atoms with E-state index in [9.17, 15) is 9.59 Å². The highest BCUT2D eigenvalue weighted by Gasteiger charge is 2.36. The van der Waals surface area contributed by atoms with Crippen molar-refractivity contribution in [3.63, 3.8) is 0 Å². The molecule has 0 aromatic carbocycles. The van der Waals surface area contributed by atoms with E-state index in [-0.39, 0.29) is 29.8 Å². The summed E-state index contributed by atoms with van der Waals surface area (Å²) in [6.45, 7) is 2.59. The molecule has 134 valence electrons. The molecule has 2 N–H and O–H groups in total. The van der Waals surface area contributed by atoms with Crippen molar-refractivity contribution in [2.45, 2.75) is 37.8 Å². The second-order valence-corrected chi connectivity index (χ2v) is 7.19. The van der Waals surface area contributed by atoms with Crippen LogP contribution in [0.15, 0.2) is 24.5 Å². The number of hydrazine groups is 1. The number of piperazine rings is 1. The van der Waals surface area contributed by atoms with Gasteiger partial charge < -0.3 is 9.80 Å². The summed E-state index contributed by atoms with van der Waals surface area (Å²) in [4.78, 5) is 32.9. The Morgan fingerprint density at radius 1 is 0.960 bits per heavy atom. The maximum Gasteiger partial charge on any atom is 0.241 e. The zero-order valence-electron chi connectivity index (χ0n) is 14.4. The molecule has 1 saturated carbocycles. The minimum Gasteiger partial charge on any atom is -0.339 e. The fraction of sp³-hybridized carbons (Fsp3) is 0.611. The summed E-state index contributed by atoms with van der Waals surface area (Å²) in [6, 6.07) is 3.85. The first-order chi connectivity index (χ1) is 12.2. The van der Waals surface area contributed by atoms with Gasteiger partial charge in [0.25, 0.3) is 0 Å². The molecular formula is C18H25N5O2. The molecule has 2 unspecified atom stereocenters. The maximum absolute atomic E-state index is 12.8. The van der Waals surface area contributed by atoms with Gasteiger partial charge in [-0.3, -0.25) is 14.6 Å². The number of nitrogens with one attached hydrogen (secondary N) is 2. The van der Waals surface area contributed by atoms with E-state index >= 15 is 0 Å². The minimum atomic E-state index is -0.216. The van der Waals surface area contributed by atoms with Gasteiger partial charge in [0.2, 0.25) is 11.8 Å². The van der Waals surface area contributed by atoms with Crippen LogP contribution >= 0.6 is 0 Å². The van der Waals surface area contributed by atoms with Gasteiger partial charge in [0, 0.05) is 50.5 Å². The van der Waals surface area contributed by atoms with Crippen molar-refractivity contribution in [2.75, 3.05) is 26.2 Å². The lowest BCUT2D eigenvalue weighted by atomic mass is 9.84. The highest BCUT2D eigenvalue weighted by atomic mass is 16.2. The maximum atomic E-state index is 12.8. The minimum absolute atomic E-state index is 0.124. The number of hydrogen-bond acceptors (Lipinski definition) is 5. The third-order valence-electron chi connectivity index (χ3n) is 5.67. The number of rotatable bonds is 3. The highest BCUT2D eigenvalue weighted by Crippen LogP contribution is 2.29.